The maximum absolute atomic E-state index is 12.0. The van der Waals surface area contributed by atoms with Crippen molar-refractivity contribution in [1.82, 2.24) is 10.3 Å². The SMILES string of the molecule is CSCCNC(=O)/C(Cc1c[nH]c2cccc(Br)c12)=N/O. The van der Waals surface area contributed by atoms with E-state index in [0.29, 0.717) is 6.54 Å². The minimum Gasteiger partial charge on any atom is -0.410 e. The highest BCUT2D eigenvalue weighted by atomic mass is 79.9. The summed E-state index contributed by atoms with van der Waals surface area (Å²) in [5.74, 6) is 0.483. The van der Waals surface area contributed by atoms with Gasteiger partial charge in [-0.2, -0.15) is 11.8 Å². The van der Waals surface area contributed by atoms with Gasteiger partial charge in [0, 0.05) is 40.3 Å². The molecule has 0 bridgehead atoms. The molecule has 0 aliphatic heterocycles. The molecular weight excluding hydrogens is 354 g/mol. The molecule has 0 spiro atoms. The molecule has 21 heavy (non-hydrogen) atoms. The van der Waals surface area contributed by atoms with Crippen molar-refractivity contribution in [3.63, 3.8) is 0 Å². The first-order valence-corrected chi connectivity index (χ1v) is 8.58. The molecular formula is C14H16BrN3O2S. The fourth-order valence-corrected chi connectivity index (χ4v) is 2.98. The first kappa shape index (κ1) is 15.9. The van der Waals surface area contributed by atoms with E-state index in [1.54, 1.807) is 11.8 Å². The summed E-state index contributed by atoms with van der Waals surface area (Å²) in [5.41, 5.74) is 1.98. The number of rotatable bonds is 6. The number of hydrogen-bond donors (Lipinski definition) is 3. The number of H-pyrrole nitrogens is 1. The topological polar surface area (TPSA) is 77.5 Å². The Bertz CT molecular complexity index is 669. The van der Waals surface area contributed by atoms with E-state index < -0.39 is 0 Å². The van der Waals surface area contributed by atoms with Crippen LogP contribution in [0.1, 0.15) is 5.56 Å². The van der Waals surface area contributed by atoms with Crippen molar-refractivity contribution in [3.8, 4) is 0 Å². The Morgan fingerprint density at radius 2 is 2.33 bits per heavy atom. The zero-order chi connectivity index (χ0) is 15.2. The smallest absolute Gasteiger partial charge is 0.269 e. The van der Waals surface area contributed by atoms with Crippen LogP contribution in [0.15, 0.2) is 34.0 Å². The van der Waals surface area contributed by atoms with E-state index in [0.717, 1.165) is 26.7 Å². The highest BCUT2D eigenvalue weighted by Gasteiger charge is 2.16. The number of aromatic nitrogens is 1. The molecule has 5 nitrogen and oxygen atoms in total. The van der Waals surface area contributed by atoms with Crippen LogP contribution >= 0.6 is 27.7 Å². The summed E-state index contributed by atoms with van der Waals surface area (Å²) in [7, 11) is 0. The van der Waals surface area contributed by atoms with Gasteiger partial charge >= 0.3 is 0 Å². The second kappa shape index (κ2) is 7.51. The first-order valence-electron chi connectivity index (χ1n) is 6.40. The Morgan fingerprint density at radius 3 is 3.05 bits per heavy atom. The first-order chi connectivity index (χ1) is 10.2. The number of halogens is 1. The quantitative estimate of drug-likeness (QED) is 0.317. The largest absolute Gasteiger partial charge is 0.410 e. The van der Waals surface area contributed by atoms with Gasteiger partial charge in [0.1, 0.15) is 5.71 Å². The summed E-state index contributed by atoms with van der Waals surface area (Å²) in [5, 5.41) is 16.0. The number of amides is 1. The van der Waals surface area contributed by atoms with Crippen LogP contribution in [-0.2, 0) is 11.2 Å². The highest BCUT2D eigenvalue weighted by molar-refractivity contribution is 9.10. The standard InChI is InChI=1S/C14H16BrN3O2S/c1-21-6-5-16-14(19)12(18-20)7-9-8-17-11-4-2-3-10(15)13(9)11/h2-4,8,17,20H,5-7H2,1H3,(H,16,19)/b18-12+. The van der Waals surface area contributed by atoms with Gasteiger partial charge in [-0.05, 0) is 24.0 Å². The predicted octanol–water partition coefficient (Wildman–Crippen LogP) is 2.78. The molecule has 3 N–H and O–H groups in total. The molecule has 0 unspecified atom stereocenters. The van der Waals surface area contributed by atoms with E-state index in [9.17, 15) is 4.79 Å². The van der Waals surface area contributed by atoms with Gasteiger partial charge in [0.15, 0.2) is 0 Å². The molecule has 1 amide bonds. The molecule has 0 atom stereocenters. The minimum atomic E-state index is -0.340. The summed E-state index contributed by atoms with van der Waals surface area (Å²) in [6.45, 7) is 0.552. The van der Waals surface area contributed by atoms with Gasteiger partial charge in [-0.25, -0.2) is 0 Å². The summed E-state index contributed by atoms with van der Waals surface area (Å²) >= 11 is 5.15. The molecule has 2 rings (SSSR count). The van der Waals surface area contributed by atoms with Gasteiger partial charge in [0.05, 0.1) is 0 Å². The number of aromatic amines is 1. The molecule has 7 heteroatoms. The number of carbonyl (C=O) groups is 1. The zero-order valence-corrected chi connectivity index (χ0v) is 13.9. The second-order valence-electron chi connectivity index (χ2n) is 4.45. The molecule has 0 saturated carbocycles. The van der Waals surface area contributed by atoms with Crippen LogP contribution in [0.25, 0.3) is 10.9 Å². The van der Waals surface area contributed by atoms with E-state index in [4.69, 9.17) is 5.21 Å². The monoisotopic (exact) mass is 369 g/mol. The van der Waals surface area contributed by atoms with Crippen molar-refractivity contribution in [2.75, 3.05) is 18.6 Å². The third-order valence-corrected chi connectivity index (χ3v) is 4.34. The fraction of sp³-hybridized carbons (Fsp3) is 0.286. The third kappa shape index (κ3) is 3.79. The number of carbonyl (C=O) groups excluding carboxylic acids is 1. The number of hydrogen-bond acceptors (Lipinski definition) is 4. The van der Waals surface area contributed by atoms with Gasteiger partial charge in [-0.15, -0.1) is 0 Å². The van der Waals surface area contributed by atoms with Gasteiger partial charge in [0.2, 0.25) is 0 Å². The minimum absolute atomic E-state index is 0.104. The van der Waals surface area contributed by atoms with Crippen LogP contribution in [0.4, 0.5) is 0 Å². The van der Waals surface area contributed by atoms with Crippen LogP contribution in [0.5, 0.6) is 0 Å². The number of thioether (sulfide) groups is 1. The maximum Gasteiger partial charge on any atom is 0.269 e. The Balaban J connectivity index is 2.16. The number of nitrogens with one attached hydrogen (secondary N) is 2. The lowest BCUT2D eigenvalue weighted by Gasteiger charge is -2.06. The van der Waals surface area contributed by atoms with Crippen LogP contribution in [-0.4, -0.2) is 40.4 Å². The lowest BCUT2D eigenvalue weighted by Crippen LogP contribution is -2.33. The number of fused-ring (bicyclic) bond motifs is 1. The van der Waals surface area contributed by atoms with Gasteiger partial charge < -0.3 is 15.5 Å². The predicted molar refractivity (Wildman–Crippen MR) is 90.3 cm³/mol. The van der Waals surface area contributed by atoms with Crippen LogP contribution in [0.2, 0.25) is 0 Å². The molecule has 2 aromatic rings. The molecule has 112 valence electrons. The average Bonchev–Trinajstić information content (AvgIpc) is 2.89. The summed E-state index contributed by atoms with van der Waals surface area (Å²) < 4.78 is 0.941. The summed E-state index contributed by atoms with van der Waals surface area (Å²) in [6, 6.07) is 5.83. The van der Waals surface area contributed by atoms with Crippen molar-refractivity contribution in [3.05, 3.63) is 34.4 Å². The fourth-order valence-electron chi connectivity index (χ4n) is 2.06. The summed E-state index contributed by atoms with van der Waals surface area (Å²) in [6.07, 6.45) is 4.07. The highest BCUT2D eigenvalue weighted by Crippen LogP contribution is 2.27. The molecule has 0 fully saturated rings. The molecule has 1 aromatic heterocycles. The van der Waals surface area contributed by atoms with E-state index in [1.165, 1.54) is 0 Å². The number of nitrogens with zero attached hydrogens (tertiary/aromatic N) is 1. The van der Waals surface area contributed by atoms with Gasteiger partial charge in [-0.1, -0.05) is 27.2 Å². The normalized spacial score (nSPS) is 11.8. The van der Waals surface area contributed by atoms with Crippen LogP contribution in [0, 0.1) is 0 Å². The van der Waals surface area contributed by atoms with Crippen LogP contribution < -0.4 is 5.32 Å². The second-order valence-corrected chi connectivity index (χ2v) is 6.29. The molecule has 0 aliphatic rings. The Morgan fingerprint density at radius 1 is 1.52 bits per heavy atom. The Kier molecular flexibility index (Phi) is 5.69. The molecule has 0 radical (unpaired) electrons. The van der Waals surface area contributed by atoms with E-state index in [1.807, 2.05) is 30.7 Å². The van der Waals surface area contributed by atoms with Crippen molar-refractivity contribution in [2.45, 2.75) is 6.42 Å². The number of benzene rings is 1. The Labute approximate surface area is 135 Å². The van der Waals surface area contributed by atoms with Gasteiger partial charge in [0.25, 0.3) is 5.91 Å². The lowest BCUT2D eigenvalue weighted by atomic mass is 10.1. The molecule has 1 heterocycles. The number of oxime groups is 1. The molecule has 1 aromatic carbocycles. The van der Waals surface area contributed by atoms with Crippen molar-refractivity contribution in [2.24, 2.45) is 5.16 Å². The zero-order valence-electron chi connectivity index (χ0n) is 11.5. The van der Waals surface area contributed by atoms with Gasteiger partial charge in [-0.3, -0.25) is 4.79 Å². The van der Waals surface area contributed by atoms with Crippen LogP contribution in [0.3, 0.4) is 0 Å². The van der Waals surface area contributed by atoms with E-state index in [-0.39, 0.29) is 18.0 Å². The molecule has 0 saturated heterocycles. The average molecular weight is 370 g/mol. The third-order valence-electron chi connectivity index (χ3n) is 3.07. The summed E-state index contributed by atoms with van der Waals surface area (Å²) in [4.78, 5) is 15.1. The van der Waals surface area contributed by atoms with Crippen molar-refractivity contribution >= 4 is 50.2 Å². The maximum atomic E-state index is 12.0. The lowest BCUT2D eigenvalue weighted by molar-refractivity contribution is -0.114. The van der Waals surface area contributed by atoms with E-state index >= 15 is 0 Å². The van der Waals surface area contributed by atoms with Crippen molar-refractivity contribution in [1.29, 1.82) is 0 Å². The molecule has 0 aliphatic carbocycles. The van der Waals surface area contributed by atoms with Crippen molar-refractivity contribution < 1.29 is 10.0 Å². The Hall–Kier alpha value is -1.47. The van der Waals surface area contributed by atoms with E-state index in [2.05, 4.69) is 31.4 Å².